The lowest BCUT2D eigenvalue weighted by molar-refractivity contribution is -0.108. The van der Waals surface area contributed by atoms with Crippen LogP contribution in [-0.2, 0) is 4.79 Å². The third kappa shape index (κ3) is 2.07. The van der Waals surface area contributed by atoms with Gasteiger partial charge in [0, 0.05) is 25.0 Å². The zero-order valence-corrected chi connectivity index (χ0v) is 8.12. The van der Waals surface area contributed by atoms with E-state index in [1.165, 1.54) is 19.3 Å². The molecule has 0 aromatic heterocycles. The minimum absolute atomic E-state index is 0.690. The second-order valence-electron chi connectivity index (χ2n) is 3.68. The van der Waals surface area contributed by atoms with Gasteiger partial charge in [-0.1, -0.05) is 6.92 Å². The summed E-state index contributed by atoms with van der Waals surface area (Å²) < 4.78 is 0. The summed E-state index contributed by atoms with van der Waals surface area (Å²) in [5.74, 6) is 0. The number of likely N-dealkylation sites (tertiary alicyclic amines) is 1. The SMILES string of the molecule is CCC1CCC(C)N1CCC=O. The maximum absolute atomic E-state index is 10.2. The summed E-state index contributed by atoms with van der Waals surface area (Å²) >= 11 is 0. The van der Waals surface area contributed by atoms with Gasteiger partial charge in [0.1, 0.15) is 6.29 Å². The van der Waals surface area contributed by atoms with Crippen molar-refractivity contribution in [3.8, 4) is 0 Å². The molecule has 2 heteroatoms. The number of carbonyl (C=O) groups is 1. The van der Waals surface area contributed by atoms with Gasteiger partial charge in [-0.15, -0.1) is 0 Å². The third-order valence-electron chi connectivity index (χ3n) is 2.93. The van der Waals surface area contributed by atoms with E-state index < -0.39 is 0 Å². The van der Waals surface area contributed by atoms with Gasteiger partial charge < -0.3 is 4.79 Å². The highest BCUT2D eigenvalue weighted by Gasteiger charge is 2.28. The molecular formula is C10H19NO. The lowest BCUT2D eigenvalue weighted by atomic mass is 10.1. The average molecular weight is 169 g/mol. The zero-order chi connectivity index (χ0) is 8.97. The molecule has 1 aliphatic heterocycles. The molecule has 0 bridgehead atoms. The van der Waals surface area contributed by atoms with E-state index in [0.717, 1.165) is 18.9 Å². The van der Waals surface area contributed by atoms with Crippen molar-refractivity contribution < 1.29 is 4.79 Å². The molecule has 1 saturated heterocycles. The van der Waals surface area contributed by atoms with Crippen molar-refractivity contribution in [3.63, 3.8) is 0 Å². The molecule has 0 amide bonds. The minimum Gasteiger partial charge on any atom is -0.303 e. The Morgan fingerprint density at radius 1 is 1.50 bits per heavy atom. The van der Waals surface area contributed by atoms with Gasteiger partial charge in [-0.05, 0) is 26.2 Å². The summed E-state index contributed by atoms with van der Waals surface area (Å²) in [4.78, 5) is 12.7. The van der Waals surface area contributed by atoms with Crippen molar-refractivity contribution in [1.29, 1.82) is 0 Å². The first-order valence-electron chi connectivity index (χ1n) is 4.99. The van der Waals surface area contributed by atoms with Gasteiger partial charge in [-0.3, -0.25) is 4.90 Å². The number of hydrogen-bond acceptors (Lipinski definition) is 2. The second kappa shape index (κ2) is 4.61. The molecule has 2 unspecified atom stereocenters. The highest BCUT2D eigenvalue weighted by Crippen LogP contribution is 2.25. The molecule has 0 aliphatic carbocycles. The number of rotatable bonds is 4. The van der Waals surface area contributed by atoms with Gasteiger partial charge in [-0.25, -0.2) is 0 Å². The highest BCUT2D eigenvalue weighted by molar-refractivity contribution is 5.49. The van der Waals surface area contributed by atoms with Crippen LogP contribution in [0.3, 0.4) is 0 Å². The molecule has 1 heterocycles. The Morgan fingerprint density at radius 3 is 2.83 bits per heavy atom. The fourth-order valence-electron chi connectivity index (χ4n) is 2.17. The van der Waals surface area contributed by atoms with Gasteiger partial charge in [0.05, 0.1) is 0 Å². The maximum atomic E-state index is 10.2. The van der Waals surface area contributed by atoms with Crippen molar-refractivity contribution in [2.45, 2.75) is 51.6 Å². The normalized spacial score (nSPS) is 30.8. The van der Waals surface area contributed by atoms with Gasteiger partial charge in [0.25, 0.3) is 0 Å². The Morgan fingerprint density at radius 2 is 2.25 bits per heavy atom. The van der Waals surface area contributed by atoms with Crippen molar-refractivity contribution in [2.75, 3.05) is 6.54 Å². The van der Waals surface area contributed by atoms with Crippen LogP contribution in [0.25, 0.3) is 0 Å². The Hall–Kier alpha value is -0.370. The van der Waals surface area contributed by atoms with Crippen LogP contribution in [0.4, 0.5) is 0 Å². The molecule has 1 aliphatic rings. The molecule has 1 fully saturated rings. The Bertz CT molecular complexity index is 147. The first kappa shape index (κ1) is 9.72. The Labute approximate surface area is 74.9 Å². The van der Waals surface area contributed by atoms with Crippen LogP contribution in [0.1, 0.15) is 39.5 Å². The van der Waals surface area contributed by atoms with E-state index >= 15 is 0 Å². The van der Waals surface area contributed by atoms with Crippen LogP contribution >= 0.6 is 0 Å². The van der Waals surface area contributed by atoms with Crippen LogP contribution < -0.4 is 0 Å². The topological polar surface area (TPSA) is 20.3 Å². The summed E-state index contributed by atoms with van der Waals surface area (Å²) in [6, 6.07) is 1.43. The predicted molar refractivity (Wildman–Crippen MR) is 50.2 cm³/mol. The van der Waals surface area contributed by atoms with Crippen molar-refractivity contribution in [2.24, 2.45) is 0 Å². The lowest BCUT2D eigenvalue weighted by Gasteiger charge is -2.26. The van der Waals surface area contributed by atoms with E-state index in [9.17, 15) is 4.79 Å². The maximum Gasteiger partial charge on any atom is 0.121 e. The quantitative estimate of drug-likeness (QED) is 0.598. The summed E-state index contributed by atoms with van der Waals surface area (Å²) in [5, 5.41) is 0. The largest absolute Gasteiger partial charge is 0.303 e. The van der Waals surface area contributed by atoms with Crippen molar-refractivity contribution >= 4 is 6.29 Å². The van der Waals surface area contributed by atoms with Gasteiger partial charge >= 0.3 is 0 Å². The number of nitrogens with zero attached hydrogens (tertiary/aromatic N) is 1. The molecule has 2 nitrogen and oxygen atoms in total. The molecule has 2 atom stereocenters. The van der Waals surface area contributed by atoms with E-state index in [0.29, 0.717) is 12.5 Å². The summed E-state index contributed by atoms with van der Waals surface area (Å²) in [5.41, 5.74) is 0. The summed E-state index contributed by atoms with van der Waals surface area (Å²) in [6.45, 7) is 5.46. The van der Waals surface area contributed by atoms with Crippen molar-refractivity contribution in [3.05, 3.63) is 0 Å². The Balaban J connectivity index is 2.40. The summed E-state index contributed by atoms with van der Waals surface area (Å²) in [6.07, 6.45) is 5.57. The third-order valence-corrected chi connectivity index (χ3v) is 2.93. The van der Waals surface area contributed by atoms with Gasteiger partial charge in [-0.2, -0.15) is 0 Å². The number of carbonyl (C=O) groups excluding carboxylic acids is 1. The zero-order valence-electron chi connectivity index (χ0n) is 8.12. The minimum atomic E-state index is 0.690. The van der Waals surface area contributed by atoms with Crippen LogP contribution in [0.2, 0.25) is 0 Å². The number of hydrogen-bond donors (Lipinski definition) is 0. The predicted octanol–water partition coefficient (Wildman–Crippen LogP) is 1.84. The molecule has 0 saturated carbocycles. The van der Waals surface area contributed by atoms with Crippen LogP contribution in [0, 0.1) is 0 Å². The average Bonchev–Trinajstić information content (AvgIpc) is 2.43. The van der Waals surface area contributed by atoms with E-state index in [2.05, 4.69) is 18.7 Å². The fraction of sp³-hybridized carbons (Fsp3) is 0.900. The smallest absolute Gasteiger partial charge is 0.121 e. The standard InChI is InChI=1S/C10H19NO/c1-3-10-6-5-9(2)11(10)7-4-8-12/h8-10H,3-7H2,1-2H3. The van der Waals surface area contributed by atoms with Gasteiger partial charge in [0.2, 0.25) is 0 Å². The van der Waals surface area contributed by atoms with E-state index in [4.69, 9.17) is 0 Å². The monoisotopic (exact) mass is 169 g/mol. The van der Waals surface area contributed by atoms with Gasteiger partial charge in [0.15, 0.2) is 0 Å². The molecule has 0 radical (unpaired) electrons. The molecule has 0 aromatic rings. The summed E-state index contributed by atoms with van der Waals surface area (Å²) in [7, 11) is 0. The van der Waals surface area contributed by atoms with Crippen LogP contribution in [0.15, 0.2) is 0 Å². The molecule has 0 spiro atoms. The van der Waals surface area contributed by atoms with E-state index in [1.807, 2.05) is 0 Å². The molecular weight excluding hydrogens is 150 g/mol. The van der Waals surface area contributed by atoms with Crippen LogP contribution in [-0.4, -0.2) is 29.8 Å². The van der Waals surface area contributed by atoms with E-state index in [1.54, 1.807) is 0 Å². The molecule has 12 heavy (non-hydrogen) atoms. The Kier molecular flexibility index (Phi) is 3.73. The number of aldehydes is 1. The van der Waals surface area contributed by atoms with E-state index in [-0.39, 0.29) is 0 Å². The molecule has 1 rings (SSSR count). The first-order valence-corrected chi connectivity index (χ1v) is 4.99. The lowest BCUT2D eigenvalue weighted by Crippen LogP contribution is -2.35. The fourth-order valence-corrected chi connectivity index (χ4v) is 2.17. The highest BCUT2D eigenvalue weighted by atomic mass is 16.1. The first-order chi connectivity index (χ1) is 5.79. The van der Waals surface area contributed by atoms with Crippen LogP contribution in [0.5, 0.6) is 0 Å². The molecule has 0 N–H and O–H groups in total. The molecule has 70 valence electrons. The van der Waals surface area contributed by atoms with Crippen molar-refractivity contribution in [1.82, 2.24) is 4.90 Å². The molecule has 0 aromatic carbocycles. The second-order valence-corrected chi connectivity index (χ2v) is 3.68.